The molecule has 2 atom stereocenters. The fraction of sp³-hybridized carbons (Fsp3) is 0.647. The first kappa shape index (κ1) is 16.0. The van der Waals surface area contributed by atoms with Crippen molar-refractivity contribution in [3.8, 4) is 11.5 Å². The Hall–Kier alpha value is -1.42. The Morgan fingerprint density at radius 2 is 2.05 bits per heavy atom. The van der Waals surface area contributed by atoms with E-state index in [2.05, 4.69) is 23.6 Å². The van der Waals surface area contributed by atoms with Crippen LogP contribution in [0.3, 0.4) is 0 Å². The molecular weight excluding hydrogens is 264 g/mol. The van der Waals surface area contributed by atoms with Crippen molar-refractivity contribution in [2.75, 3.05) is 32.6 Å². The molecule has 0 aliphatic carbocycles. The van der Waals surface area contributed by atoms with Crippen LogP contribution in [0.15, 0.2) is 18.2 Å². The van der Waals surface area contributed by atoms with Crippen molar-refractivity contribution >= 4 is 5.69 Å². The second-order valence-electron chi connectivity index (χ2n) is 5.72. The van der Waals surface area contributed by atoms with E-state index >= 15 is 0 Å². The van der Waals surface area contributed by atoms with Gasteiger partial charge in [0.05, 0.1) is 14.2 Å². The average molecular weight is 292 g/mol. The van der Waals surface area contributed by atoms with Gasteiger partial charge in [0.15, 0.2) is 11.5 Å². The zero-order valence-electron chi connectivity index (χ0n) is 13.4. The summed E-state index contributed by atoms with van der Waals surface area (Å²) in [6, 6.07) is 6.59. The van der Waals surface area contributed by atoms with Gasteiger partial charge in [0.1, 0.15) is 0 Å². The van der Waals surface area contributed by atoms with Gasteiger partial charge in [-0.2, -0.15) is 0 Å². The van der Waals surface area contributed by atoms with Crippen molar-refractivity contribution < 1.29 is 9.47 Å². The van der Waals surface area contributed by atoms with Crippen LogP contribution in [0.2, 0.25) is 0 Å². The molecule has 4 nitrogen and oxygen atoms in total. The fourth-order valence-corrected chi connectivity index (χ4v) is 3.02. The molecule has 0 bridgehead atoms. The summed E-state index contributed by atoms with van der Waals surface area (Å²) in [6.07, 6.45) is 5.02. The van der Waals surface area contributed by atoms with Crippen LogP contribution in [0.1, 0.15) is 32.6 Å². The second-order valence-corrected chi connectivity index (χ2v) is 5.72. The third-order valence-corrected chi connectivity index (χ3v) is 4.27. The smallest absolute Gasteiger partial charge is 0.162 e. The molecule has 2 unspecified atom stereocenters. The van der Waals surface area contributed by atoms with Gasteiger partial charge in [0.2, 0.25) is 0 Å². The second kappa shape index (κ2) is 8.13. The van der Waals surface area contributed by atoms with Crippen molar-refractivity contribution in [1.29, 1.82) is 0 Å². The molecule has 1 aliphatic heterocycles. The maximum Gasteiger partial charge on any atom is 0.162 e. The molecule has 1 saturated heterocycles. The van der Waals surface area contributed by atoms with Crippen molar-refractivity contribution in [2.45, 2.75) is 38.6 Å². The first-order valence-electron chi connectivity index (χ1n) is 7.97. The molecule has 1 aliphatic rings. The molecule has 0 saturated carbocycles. The van der Waals surface area contributed by atoms with E-state index in [-0.39, 0.29) is 0 Å². The van der Waals surface area contributed by atoms with E-state index in [1.165, 1.54) is 25.7 Å². The van der Waals surface area contributed by atoms with Gasteiger partial charge in [0.25, 0.3) is 0 Å². The first-order valence-corrected chi connectivity index (χ1v) is 7.97. The largest absolute Gasteiger partial charge is 0.493 e. The Morgan fingerprint density at radius 1 is 1.24 bits per heavy atom. The van der Waals surface area contributed by atoms with Crippen molar-refractivity contribution in [1.82, 2.24) is 5.32 Å². The highest BCUT2D eigenvalue weighted by Crippen LogP contribution is 2.31. The topological polar surface area (TPSA) is 42.5 Å². The van der Waals surface area contributed by atoms with Crippen LogP contribution in [-0.4, -0.2) is 33.4 Å². The molecular formula is C17H28N2O2. The lowest BCUT2D eigenvalue weighted by Gasteiger charge is -2.33. The van der Waals surface area contributed by atoms with Gasteiger partial charge in [-0.05, 0) is 44.0 Å². The van der Waals surface area contributed by atoms with E-state index in [4.69, 9.17) is 9.47 Å². The number of unbranched alkanes of at least 4 members (excludes halogenated alkanes) is 1. The lowest BCUT2D eigenvalue weighted by molar-refractivity contribution is 0.319. The number of piperidine rings is 1. The van der Waals surface area contributed by atoms with Crippen molar-refractivity contribution in [3.63, 3.8) is 0 Å². The van der Waals surface area contributed by atoms with E-state index < -0.39 is 0 Å². The molecule has 0 amide bonds. The van der Waals surface area contributed by atoms with Crippen LogP contribution in [0.4, 0.5) is 5.69 Å². The Morgan fingerprint density at radius 3 is 2.76 bits per heavy atom. The van der Waals surface area contributed by atoms with Crippen molar-refractivity contribution in [2.24, 2.45) is 5.92 Å². The highest BCUT2D eigenvalue weighted by molar-refractivity contribution is 5.55. The number of methoxy groups -OCH3 is 2. The van der Waals surface area contributed by atoms with Crippen LogP contribution < -0.4 is 20.1 Å². The Bertz CT molecular complexity index is 437. The summed E-state index contributed by atoms with van der Waals surface area (Å²) in [5.74, 6) is 2.25. The highest BCUT2D eigenvalue weighted by Gasteiger charge is 2.24. The minimum absolute atomic E-state index is 0.538. The molecule has 1 fully saturated rings. The summed E-state index contributed by atoms with van der Waals surface area (Å²) in [7, 11) is 3.34. The van der Waals surface area contributed by atoms with Gasteiger partial charge < -0.3 is 20.1 Å². The molecule has 21 heavy (non-hydrogen) atoms. The number of benzene rings is 1. The van der Waals surface area contributed by atoms with Crippen LogP contribution in [0.5, 0.6) is 11.5 Å². The Balaban J connectivity index is 2.04. The predicted octanol–water partition coefficient (Wildman–Crippen LogP) is 3.28. The SMILES string of the molecule is CCCCC1CNCCC1Nc1ccc(OC)c(OC)c1. The normalized spacial score (nSPS) is 21.9. The van der Waals surface area contributed by atoms with Crippen molar-refractivity contribution in [3.05, 3.63) is 18.2 Å². The molecule has 1 aromatic carbocycles. The van der Waals surface area contributed by atoms with E-state index in [1.54, 1.807) is 14.2 Å². The van der Waals surface area contributed by atoms with Gasteiger partial charge >= 0.3 is 0 Å². The monoisotopic (exact) mass is 292 g/mol. The number of rotatable bonds is 7. The molecule has 118 valence electrons. The molecule has 1 heterocycles. The van der Waals surface area contributed by atoms with Crippen LogP contribution in [0.25, 0.3) is 0 Å². The van der Waals surface area contributed by atoms with Gasteiger partial charge in [-0.1, -0.05) is 19.8 Å². The predicted molar refractivity (Wildman–Crippen MR) is 87.5 cm³/mol. The molecule has 0 spiro atoms. The summed E-state index contributed by atoms with van der Waals surface area (Å²) in [4.78, 5) is 0. The Kier molecular flexibility index (Phi) is 6.18. The van der Waals surface area contributed by atoms with Crippen LogP contribution in [-0.2, 0) is 0 Å². The van der Waals surface area contributed by atoms with Gasteiger partial charge in [0, 0.05) is 17.8 Å². The summed E-state index contributed by atoms with van der Waals surface area (Å²) in [6.45, 7) is 4.46. The average Bonchev–Trinajstić information content (AvgIpc) is 2.54. The zero-order chi connectivity index (χ0) is 15.1. The van der Waals surface area contributed by atoms with Gasteiger partial charge in [-0.3, -0.25) is 0 Å². The number of nitrogens with one attached hydrogen (secondary N) is 2. The lowest BCUT2D eigenvalue weighted by atomic mass is 9.88. The summed E-state index contributed by atoms with van der Waals surface area (Å²) >= 11 is 0. The maximum absolute atomic E-state index is 5.38. The van der Waals surface area contributed by atoms with Crippen LogP contribution >= 0.6 is 0 Å². The molecule has 0 radical (unpaired) electrons. The third kappa shape index (κ3) is 4.27. The van der Waals surface area contributed by atoms with E-state index in [0.717, 1.165) is 30.3 Å². The number of hydrogen-bond acceptors (Lipinski definition) is 4. The minimum Gasteiger partial charge on any atom is -0.493 e. The van der Waals surface area contributed by atoms with Gasteiger partial charge in [-0.25, -0.2) is 0 Å². The lowest BCUT2D eigenvalue weighted by Crippen LogP contribution is -2.43. The molecule has 1 aromatic rings. The minimum atomic E-state index is 0.538. The van der Waals surface area contributed by atoms with Crippen LogP contribution in [0, 0.1) is 5.92 Å². The summed E-state index contributed by atoms with van der Waals surface area (Å²) < 4.78 is 10.7. The third-order valence-electron chi connectivity index (χ3n) is 4.27. The maximum atomic E-state index is 5.38. The first-order chi connectivity index (χ1) is 10.3. The summed E-state index contributed by atoms with van der Waals surface area (Å²) in [5.41, 5.74) is 1.11. The standard InChI is InChI=1S/C17H28N2O2/c1-4-5-6-13-12-18-10-9-15(13)19-14-7-8-16(20-2)17(11-14)21-3/h7-8,11,13,15,18-19H,4-6,9-10,12H2,1-3H3. The molecule has 2 N–H and O–H groups in total. The fourth-order valence-electron chi connectivity index (χ4n) is 3.02. The molecule has 0 aromatic heterocycles. The zero-order valence-corrected chi connectivity index (χ0v) is 13.4. The number of ether oxygens (including phenoxy) is 2. The number of anilines is 1. The van der Waals surface area contributed by atoms with Gasteiger partial charge in [-0.15, -0.1) is 0 Å². The molecule has 4 heteroatoms. The van der Waals surface area contributed by atoms with E-state index in [1.807, 2.05) is 12.1 Å². The van der Waals surface area contributed by atoms with E-state index in [9.17, 15) is 0 Å². The quantitative estimate of drug-likeness (QED) is 0.809. The molecule has 2 rings (SSSR count). The van der Waals surface area contributed by atoms with E-state index in [0.29, 0.717) is 12.0 Å². The summed E-state index contributed by atoms with van der Waals surface area (Å²) in [5, 5.41) is 7.21. The highest BCUT2D eigenvalue weighted by atomic mass is 16.5. The number of hydrogen-bond donors (Lipinski definition) is 2. The Labute approximate surface area is 128 Å².